The molecule has 5 heteroatoms. The average Bonchev–Trinajstić information content (AvgIpc) is 2.98. The van der Waals surface area contributed by atoms with Gasteiger partial charge in [0.1, 0.15) is 12.3 Å². The van der Waals surface area contributed by atoms with E-state index in [1.807, 2.05) is 53.2 Å². The van der Waals surface area contributed by atoms with Crippen LogP contribution in [0.3, 0.4) is 0 Å². The number of aliphatic hydroxyl groups is 1. The third-order valence-corrected chi connectivity index (χ3v) is 3.56. The molecule has 2 N–H and O–H groups in total. The lowest BCUT2D eigenvalue weighted by molar-refractivity contribution is 0.0462. The molecule has 0 bridgehead atoms. The van der Waals surface area contributed by atoms with Crippen LogP contribution in [0.2, 0.25) is 0 Å². The maximum Gasteiger partial charge on any atom is 0.120 e. The Hall–Kier alpha value is -2.40. The Kier molecular flexibility index (Phi) is 3.81. The zero-order chi connectivity index (χ0) is 15.6. The monoisotopic (exact) mass is 299 g/mol. The van der Waals surface area contributed by atoms with E-state index in [1.165, 1.54) is 6.92 Å². The number of benzene rings is 2. The molecule has 1 atom stereocenters. The molecule has 0 radical (unpaired) electrons. The molecule has 1 unspecified atom stereocenters. The highest BCUT2D eigenvalue weighted by Gasteiger charge is 2.20. The Morgan fingerprint density at radius 2 is 1.95 bits per heavy atom. The number of rotatable bonds is 5. The van der Waals surface area contributed by atoms with Crippen molar-refractivity contribution in [1.29, 1.82) is 0 Å². The van der Waals surface area contributed by atoms with Crippen LogP contribution in [0.25, 0.3) is 16.6 Å². The highest BCUT2D eigenvalue weighted by molar-refractivity contribution is 5.92. The third kappa shape index (κ3) is 2.80. The summed E-state index contributed by atoms with van der Waals surface area (Å²) in [6.07, 6.45) is 1.77. The molecule has 0 spiro atoms. The predicted molar refractivity (Wildman–Crippen MR) is 86.2 cm³/mol. The van der Waals surface area contributed by atoms with Crippen molar-refractivity contribution < 1.29 is 9.50 Å². The van der Waals surface area contributed by atoms with E-state index >= 15 is 0 Å². The summed E-state index contributed by atoms with van der Waals surface area (Å²) in [5, 5.41) is 18.2. The molecule has 3 aromatic rings. The number of anilines is 1. The molecule has 114 valence electrons. The lowest BCUT2D eigenvalue weighted by Crippen LogP contribution is -2.35. The molecule has 0 fully saturated rings. The number of hydrogen-bond acceptors (Lipinski definition) is 3. The van der Waals surface area contributed by atoms with E-state index < -0.39 is 12.3 Å². The maximum absolute atomic E-state index is 12.7. The number of hydrogen-bond donors (Lipinski definition) is 2. The SMILES string of the molecule is CC(O)(CF)CNc1cccc2c1cnn2-c1ccccc1. The molecule has 0 aliphatic carbocycles. The first kappa shape index (κ1) is 14.5. The minimum Gasteiger partial charge on any atom is -0.386 e. The van der Waals surface area contributed by atoms with Gasteiger partial charge in [0.15, 0.2) is 0 Å². The first-order chi connectivity index (χ1) is 10.6. The molecule has 2 aromatic carbocycles. The predicted octanol–water partition coefficient (Wildman–Crippen LogP) is 3.16. The summed E-state index contributed by atoms with van der Waals surface area (Å²) >= 11 is 0. The number of halogens is 1. The summed E-state index contributed by atoms with van der Waals surface area (Å²) in [6, 6.07) is 15.6. The Bertz CT molecular complexity index is 768. The van der Waals surface area contributed by atoms with Gasteiger partial charge < -0.3 is 10.4 Å². The summed E-state index contributed by atoms with van der Waals surface area (Å²) < 4.78 is 14.6. The molecule has 0 saturated heterocycles. The second-order valence-corrected chi connectivity index (χ2v) is 5.61. The summed E-state index contributed by atoms with van der Waals surface area (Å²) in [5.74, 6) is 0. The van der Waals surface area contributed by atoms with E-state index in [4.69, 9.17) is 0 Å². The van der Waals surface area contributed by atoms with E-state index in [-0.39, 0.29) is 6.54 Å². The fraction of sp³-hybridized carbons (Fsp3) is 0.235. The van der Waals surface area contributed by atoms with Crippen LogP contribution in [-0.4, -0.2) is 33.7 Å². The van der Waals surface area contributed by atoms with E-state index in [2.05, 4.69) is 10.4 Å². The number of nitrogens with zero attached hydrogens (tertiary/aromatic N) is 2. The van der Waals surface area contributed by atoms with Crippen LogP contribution in [0.15, 0.2) is 54.7 Å². The van der Waals surface area contributed by atoms with Gasteiger partial charge >= 0.3 is 0 Å². The molecule has 0 aliphatic heterocycles. The van der Waals surface area contributed by atoms with Crippen LogP contribution < -0.4 is 5.32 Å². The first-order valence-electron chi connectivity index (χ1n) is 7.15. The smallest absolute Gasteiger partial charge is 0.120 e. The van der Waals surface area contributed by atoms with Crippen LogP contribution in [0.1, 0.15) is 6.92 Å². The molecule has 0 aliphatic rings. The number of nitrogens with one attached hydrogen (secondary N) is 1. The van der Waals surface area contributed by atoms with Gasteiger partial charge in [-0.3, -0.25) is 0 Å². The van der Waals surface area contributed by atoms with Crippen LogP contribution in [0.4, 0.5) is 10.1 Å². The molecule has 3 rings (SSSR count). The van der Waals surface area contributed by atoms with Crippen LogP contribution in [0.5, 0.6) is 0 Å². The largest absolute Gasteiger partial charge is 0.386 e. The summed E-state index contributed by atoms with van der Waals surface area (Å²) in [4.78, 5) is 0. The van der Waals surface area contributed by atoms with Crippen molar-refractivity contribution in [1.82, 2.24) is 9.78 Å². The first-order valence-corrected chi connectivity index (χ1v) is 7.15. The van der Waals surface area contributed by atoms with Gasteiger partial charge in [-0.25, -0.2) is 9.07 Å². The zero-order valence-electron chi connectivity index (χ0n) is 12.3. The molecule has 1 heterocycles. The second kappa shape index (κ2) is 5.77. The lowest BCUT2D eigenvalue weighted by Gasteiger charge is -2.20. The van der Waals surface area contributed by atoms with Gasteiger partial charge in [-0.15, -0.1) is 0 Å². The van der Waals surface area contributed by atoms with Gasteiger partial charge in [0.25, 0.3) is 0 Å². The van der Waals surface area contributed by atoms with E-state index in [9.17, 15) is 9.50 Å². The number of para-hydroxylation sites is 1. The number of fused-ring (bicyclic) bond motifs is 1. The van der Waals surface area contributed by atoms with E-state index in [1.54, 1.807) is 6.20 Å². The Balaban J connectivity index is 1.96. The fourth-order valence-electron chi connectivity index (χ4n) is 2.31. The molecule has 1 aromatic heterocycles. The van der Waals surface area contributed by atoms with Gasteiger partial charge in [0.2, 0.25) is 0 Å². The topological polar surface area (TPSA) is 50.1 Å². The summed E-state index contributed by atoms with van der Waals surface area (Å²) in [5.41, 5.74) is 1.38. The minimum atomic E-state index is -1.38. The van der Waals surface area contributed by atoms with Crippen molar-refractivity contribution in [3.63, 3.8) is 0 Å². The molecular formula is C17H18FN3O. The van der Waals surface area contributed by atoms with Crippen molar-refractivity contribution in [2.75, 3.05) is 18.5 Å². The molecule has 0 amide bonds. The van der Waals surface area contributed by atoms with E-state index in [0.29, 0.717) is 0 Å². The van der Waals surface area contributed by atoms with Crippen molar-refractivity contribution >= 4 is 16.6 Å². The molecule has 22 heavy (non-hydrogen) atoms. The van der Waals surface area contributed by atoms with E-state index in [0.717, 1.165) is 22.3 Å². The molecular weight excluding hydrogens is 281 g/mol. The van der Waals surface area contributed by atoms with Crippen LogP contribution in [0, 0.1) is 0 Å². The molecule has 4 nitrogen and oxygen atoms in total. The third-order valence-electron chi connectivity index (χ3n) is 3.56. The van der Waals surface area contributed by atoms with Gasteiger partial charge in [-0.1, -0.05) is 24.3 Å². The van der Waals surface area contributed by atoms with Crippen molar-refractivity contribution in [2.24, 2.45) is 0 Å². The van der Waals surface area contributed by atoms with Gasteiger partial charge in [0, 0.05) is 17.6 Å². The highest BCUT2D eigenvalue weighted by atomic mass is 19.1. The second-order valence-electron chi connectivity index (χ2n) is 5.61. The maximum atomic E-state index is 12.7. The number of alkyl halides is 1. The normalized spacial score (nSPS) is 14.0. The Morgan fingerprint density at radius 1 is 1.18 bits per heavy atom. The van der Waals surface area contributed by atoms with Crippen LogP contribution >= 0.6 is 0 Å². The number of aromatic nitrogens is 2. The minimum absolute atomic E-state index is 0.138. The van der Waals surface area contributed by atoms with Gasteiger partial charge in [0.05, 0.1) is 17.4 Å². The Morgan fingerprint density at radius 3 is 2.68 bits per heavy atom. The van der Waals surface area contributed by atoms with Crippen molar-refractivity contribution in [2.45, 2.75) is 12.5 Å². The summed E-state index contributed by atoms with van der Waals surface area (Å²) in [6.45, 7) is 0.811. The van der Waals surface area contributed by atoms with Crippen molar-refractivity contribution in [3.8, 4) is 5.69 Å². The quantitative estimate of drug-likeness (QED) is 0.761. The fourth-order valence-corrected chi connectivity index (χ4v) is 2.31. The standard InChI is InChI=1S/C17H18FN3O/c1-17(22,11-18)12-19-15-8-5-9-16-14(15)10-20-21(16)13-6-3-2-4-7-13/h2-10,19,22H,11-12H2,1H3. The van der Waals surface area contributed by atoms with Crippen LogP contribution in [-0.2, 0) is 0 Å². The lowest BCUT2D eigenvalue weighted by atomic mass is 10.1. The van der Waals surface area contributed by atoms with Gasteiger partial charge in [-0.2, -0.15) is 5.10 Å². The highest BCUT2D eigenvalue weighted by Crippen LogP contribution is 2.25. The molecule has 0 saturated carbocycles. The van der Waals surface area contributed by atoms with Gasteiger partial charge in [-0.05, 0) is 31.2 Å². The van der Waals surface area contributed by atoms with Crippen molar-refractivity contribution in [3.05, 3.63) is 54.7 Å². The average molecular weight is 299 g/mol. The Labute approximate surface area is 128 Å². The zero-order valence-corrected chi connectivity index (χ0v) is 12.3. The summed E-state index contributed by atoms with van der Waals surface area (Å²) in [7, 11) is 0.